The smallest absolute Gasteiger partial charge is 0.407 e. The van der Waals surface area contributed by atoms with Crippen LogP contribution in [0.15, 0.2) is 42.6 Å². The van der Waals surface area contributed by atoms with E-state index in [4.69, 9.17) is 25.8 Å². The molecular formula is C24H27ClN6O5. The van der Waals surface area contributed by atoms with Crippen LogP contribution in [0.1, 0.15) is 27.2 Å². The SMILES string of the molecule is COC(=O)[C@H]1C(Cn2nnc(-c3ccc(Oc4ccc(Cl)cn4)cc3)n2)CC1NC(=O)OC(C)(C)C. The molecule has 11 nitrogen and oxygen atoms in total. The van der Waals surface area contributed by atoms with Crippen LogP contribution in [0.3, 0.4) is 0 Å². The van der Waals surface area contributed by atoms with Gasteiger partial charge in [-0.1, -0.05) is 11.6 Å². The van der Waals surface area contributed by atoms with Gasteiger partial charge in [0.25, 0.3) is 0 Å². The van der Waals surface area contributed by atoms with Crippen LogP contribution >= 0.6 is 11.6 Å². The van der Waals surface area contributed by atoms with E-state index in [2.05, 4.69) is 25.7 Å². The highest BCUT2D eigenvalue weighted by Gasteiger charge is 2.48. The molecule has 1 aliphatic rings. The summed E-state index contributed by atoms with van der Waals surface area (Å²) in [5.74, 6) is 0.398. The predicted octanol–water partition coefficient (Wildman–Crippen LogP) is 3.88. The van der Waals surface area contributed by atoms with E-state index >= 15 is 0 Å². The Labute approximate surface area is 213 Å². The molecule has 1 aliphatic carbocycles. The zero-order valence-electron chi connectivity index (χ0n) is 20.3. The number of hydrogen-bond acceptors (Lipinski definition) is 9. The van der Waals surface area contributed by atoms with Gasteiger partial charge in [0.05, 0.1) is 24.6 Å². The van der Waals surface area contributed by atoms with Gasteiger partial charge in [0, 0.05) is 23.9 Å². The standard InChI is InChI=1S/C24H27ClN6O5/c1-24(2,3)36-23(33)27-18-11-15(20(18)22(32)34-4)13-31-29-21(28-30-31)14-5-8-17(9-6-14)35-19-10-7-16(25)12-26-19/h5-10,12,15,18,20H,11,13H2,1-4H3,(H,27,33)/t15?,18?,20-/m0/s1. The molecule has 0 bridgehead atoms. The van der Waals surface area contributed by atoms with E-state index in [-0.39, 0.29) is 12.0 Å². The molecule has 1 amide bonds. The lowest BCUT2D eigenvalue weighted by Gasteiger charge is -2.42. The van der Waals surface area contributed by atoms with Crippen LogP contribution in [-0.4, -0.2) is 56.0 Å². The fourth-order valence-electron chi connectivity index (χ4n) is 3.90. The summed E-state index contributed by atoms with van der Waals surface area (Å²) in [5, 5.41) is 16.0. The molecule has 2 aromatic heterocycles. The lowest BCUT2D eigenvalue weighted by atomic mass is 9.69. The van der Waals surface area contributed by atoms with Gasteiger partial charge in [-0.2, -0.15) is 4.80 Å². The molecule has 0 saturated heterocycles. The number of tetrazole rings is 1. The third kappa shape index (κ3) is 6.28. The molecule has 1 aromatic carbocycles. The van der Waals surface area contributed by atoms with Crippen LogP contribution < -0.4 is 10.1 Å². The van der Waals surface area contributed by atoms with Crippen molar-refractivity contribution in [1.29, 1.82) is 0 Å². The first-order valence-electron chi connectivity index (χ1n) is 11.4. The van der Waals surface area contributed by atoms with Crippen molar-refractivity contribution < 1.29 is 23.8 Å². The number of ether oxygens (including phenoxy) is 3. The molecule has 190 valence electrons. The van der Waals surface area contributed by atoms with Crippen LogP contribution in [0.25, 0.3) is 11.4 Å². The van der Waals surface area contributed by atoms with Crippen LogP contribution in [-0.2, 0) is 20.8 Å². The van der Waals surface area contributed by atoms with Crippen molar-refractivity contribution in [3.8, 4) is 23.0 Å². The van der Waals surface area contributed by atoms with Crippen molar-refractivity contribution in [3.63, 3.8) is 0 Å². The number of halogens is 1. The summed E-state index contributed by atoms with van der Waals surface area (Å²) in [6.07, 6.45) is 1.50. The molecule has 1 N–H and O–H groups in total. The first-order valence-corrected chi connectivity index (χ1v) is 11.7. The second-order valence-corrected chi connectivity index (χ2v) is 9.84. The summed E-state index contributed by atoms with van der Waals surface area (Å²) < 4.78 is 15.9. The minimum absolute atomic E-state index is 0.123. The molecule has 12 heteroatoms. The average molecular weight is 515 g/mol. The molecule has 2 heterocycles. The number of nitrogens with zero attached hydrogens (tertiary/aromatic N) is 5. The van der Waals surface area contributed by atoms with Gasteiger partial charge in [-0.15, -0.1) is 10.2 Å². The highest BCUT2D eigenvalue weighted by molar-refractivity contribution is 6.30. The Balaban J connectivity index is 1.37. The molecule has 1 saturated carbocycles. The maximum absolute atomic E-state index is 12.4. The molecule has 3 atom stereocenters. The summed E-state index contributed by atoms with van der Waals surface area (Å²) in [4.78, 5) is 30.1. The number of nitrogens with one attached hydrogen (secondary N) is 1. The Morgan fingerprint density at radius 3 is 2.56 bits per heavy atom. The van der Waals surface area contributed by atoms with Crippen molar-refractivity contribution in [2.75, 3.05) is 7.11 Å². The van der Waals surface area contributed by atoms with Gasteiger partial charge in [-0.05, 0) is 68.7 Å². The molecule has 2 unspecified atom stereocenters. The first-order chi connectivity index (χ1) is 17.1. The second kappa shape index (κ2) is 10.5. The molecule has 1 fully saturated rings. The number of amides is 1. The average Bonchev–Trinajstić information content (AvgIpc) is 3.27. The zero-order valence-corrected chi connectivity index (χ0v) is 21.1. The Kier molecular flexibility index (Phi) is 7.39. The molecule has 36 heavy (non-hydrogen) atoms. The van der Waals surface area contributed by atoms with Gasteiger partial charge in [0.1, 0.15) is 11.4 Å². The molecule has 4 rings (SSSR count). The third-order valence-corrected chi connectivity index (χ3v) is 5.78. The topological polar surface area (TPSA) is 130 Å². The van der Waals surface area contributed by atoms with E-state index in [1.54, 1.807) is 45.0 Å². The number of aromatic nitrogens is 5. The Hall–Kier alpha value is -3.73. The number of hydrogen-bond donors (Lipinski definition) is 1. The minimum Gasteiger partial charge on any atom is -0.469 e. The molecule has 0 aliphatic heterocycles. The number of esters is 1. The number of pyridine rings is 1. The number of carbonyl (C=O) groups excluding carboxylic acids is 2. The highest BCUT2D eigenvalue weighted by atomic mass is 35.5. The van der Waals surface area contributed by atoms with Crippen molar-refractivity contribution in [2.45, 2.75) is 45.4 Å². The van der Waals surface area contributed by atoms with Gasteiger partial charge < -0.3 is 19.5 Å². The number of methoxy groups -OCH3 is 1. The second-order valence-electron chi connectivity index (χ2n) is 9.41. The zero-order chi connectivity index (χ0) is 25.9. The number of alkyl carbamates (subject to hydrolysis) is 1. The molecule has 3 aromatic rings. The van der Waals surface area contributed by atoms with Crippen molar-refractivity contribution in [1.82, 2.24) is 30.5 Å². The van der Waals surface area contributed by atoms with Crippen LogP contribution in [0.4, 0.5) is 4.79 Å². The summed E-state index contributed by atoms with van der Waals surface area (Å²) in [7, 11) is 1.32. The van der Waals surface area contributed by atoms with Crippen molar-refractivity contribution >= 4 is 23.7 Å². The quantitative estimate of drug-likeness (QED) is 0.466. The summed E-state index contributed by atoms with van der Waals surface area (Å²) in [6, 6.07) is 10.2. The van der Waals surface area contributed by atoms with E-state index in [0.717, 1.165) is 5.56 Å². The van der Waals surface area contributed by atoms with Gasteiger partial charge in [0.2, 0.25) is 11.7 Å². The summed E-state index contributed by atoms with van der Waals surface area (Å²) >= 11 is 5.84. The normalized spacial score (nSPS) is 19.2. The maximum atomic E-state index is 12.4. The van der Waals surface area contributed by atoms with Gasteiger partial charge >= 0.3 is 12.1 Å². The number of carbonyl (C=O) groups is 2. The van der Waals surface area contributed by atoms with Gasteiger partial charge in [0.15, 0.2) is 0 Å². The van der Waals surface area contributed by atoms with E-state index < -0.39 is 23.6 Å². The monoisotopic (exact) mass is 514 g/mol. The predicted molar refractivity (Wildman–Crippen MR) is 129 cm³/mol. The van der Waals surface area contributed by atoms with Gasteiger partial charge in [-0.3, -0.25) is 4.79 Å². The van der Waals surface area contributed by atoms with Crippen LogP contribution in [0.5, 0.6) is 11.6 Å². The van der Waals surface area contributed by atoms with Crippen LogP contribution in [0, 0.1) is 11.8 Å². The molecular weight excluding hydrogens is 488 g/mol. The van der Waals surface area contributed by atoms with Crippen molar-refractivity contribution in [3.05, 3.63) is 47.6 Å². The van der Waals surface area contributed by atoms with Crippen LogP contribution in [0.2, 0.25) is 5.02 Å². The first kappa shape index (κ1) is 25.4. The Bertz CT molecular complexity index is 1210. The largest absolute Gasteiger partial charge is 0.469 e. The van der Waals surface area contributed by atoms with Crippen molar-refractivity contribution in [2.24, 2.45) is 11.8 Å². The summed E-state index contributed by atoms with van der Waals surface area (Å²) in [5.41, 5.74) is 0.117. The maximum Gasteiger partial charge on any atom is 0.407 e. The van der Waals surface area contributed by atoms with E-state index in [1.807, 2.05) is 12.1 Å². The lowest BCUT2D eigenvalue weighted by Crippen LogP contribution is -2.57. The molecule has 0 radical (unpaired) electrons. The highest BCUT2D eigenvalue weighted by Crippen LogP contribution is 2.37. The molecule has 0 spiro atoms. The fraction of sp³-hybridized carbons (Fsp3) is 0.417. The Morgan fingerprint density at radius 1 is 1.17 bits per heavy atom. The fourth-order valence-corrected chi connectivity index (χ4v) is 4.01. The summed E-state index contributed by atoms with van der Waals surface area (Å²) in [6.45, 7) is 5.68. The minimum atomic E-state index is -0.633. The van der Waals surface area contributed by atoms with E-state index in [1.165, 1.54) is 18.1 Å². The number of rotatable bonds is 7. The van der Waals surface area contributed by atoms with E-state index in [0.29, 0.717) is 35.4 Å². The Morgan fingerprint density at radius 2 is 1.92 bits per heavy atom. The van der Waals surface area contributed by atoms with E-state index in [9.17, 15) is 9.59 Å². The number of benzene rings is 1. The third-order valence-electron chi connectivity index (χ3n) is 5.56. The van der Waals surface area contributed by atoms with Gasteiger partial charge in [-0.25, -0.2) is 9.78 Å². The lowest BCUT2D eigenvalue weighted by molar-refractivity contribution is -0.154.